The van der Waals surface area contributed by atoms with Crippen LogP contribution in [0.3, 0.4) is 0 Å². The molecule has 1 N–H and O–H groups in total. The summed E-state index contributed by atoms with van der Waals surface area (Å²) in [5.41, 5.74) is 0. The Morgan fingerprint density at radius 1 is 2.00 bits per heavy atom. The van der Waals surface area contributed by atoms with Crippen LogP contribution in [-0.4, -0.2) is 6.54 Å². The van der Waals surface area contributed by atoms with Crippen LogP contribution < -0.4 is 4.84 Å². The van der Waals surface area contributed by atoms with E-state index < -0.39 is 0 Å². The molecule has 0 bridgehead atoms. The second-order valence-electron chi connectivity index (χ2n) is 0.515. The first-order chi connectivity index (χ1) is 2.41. The first-order valence-electron chi connectivity index (χ1n) is 1.18. The Labute approximate surface area is 36.4 Å². The predicted octanol–water partition coefficient (Wildman–Crippen LogP) is 0.363. The zero-order chi connectivity index (χ0) is 4.12. The molecule has 0 saturated carbocycles. The molecule has 0 saturated heterocycles. The smallest absolute Gasteiger partial charge is 0.0717 e. The lowest BCUT2D eigenvalue weighted by atomic mass is 10.7. The van der Waals surface area contributed by atoms with E-state index in [2.05, 4.69) is 10.8 Å². The molecule has 0 heterocycles. The van der Waals surface area contributed by atoms with Crippen LogP contribution in [0, 0.1) is 12.3 Å². The molecule has 0 radical (unpaired) electrons. The minimum atomic E-state index is 0.432. The van der Waals surface area contributed by atoms with Gasteiger partial charge in [-0.1, -0.05) is 5.92 Å². The molecule has 0 aliphatic heterocycles. The topological polar surface area (TPSA) is 12.0 Å². The third-order valence-corrected chi connectivity index (χ3v) is 0.303. The summed E-state index contributed by atoms with van der Waals surface area (Å²) >= 11 is 4.91. The Morgan fingerprint density at radius 2 is 2.60 bits per heavy atom. The molecule has 0 aromatic heterocycles. The average Bonchev–Trinajstić information content (AvgIpc) is 1.41. The van der Waals surface area contributed by atoms with Gasteiger partial charge >= 0.3 is 0 Å². The van der Waals surface area contributed by atoms with Gasteiger partial charge in [-0.3, -0.25) is 0 Å². The van der Waals surface area contributed by atoms with Crippen molar-refractivity contribution in [2.75, 3.05) is 6.54 Å². The van der Waals surface area contributed by atoms with Crippen molar-refractivity contribution in [3.05, 3.63) is 0 Å². The van der Waals surface area contributed by atoms with E-state index in [1.807, 2.05) is 0 Å². The van der Waals surface area contributed by atoms with Crippen LogP contribution in [0.2, 0.25) is 0 Å². The number of halogens is 1. The first kappa shape index (κ1) is 4.81. The maximum absolute atomic E-state index is 4.91. The number of nitrogens with one attached hydrogen (secondary N) is 1. The number of rotatable bonds is 1. The van der Waals surface area contributed by atoms with E-state index in [4.69, 9.17) is 18.2 Å². The number of terminal acetylenes is 1. The Morgan fingerprint density at radius 3 is 2.60 bits per heavy atom. The number of hydrogen-bond donors (Lipinski definition) is 1. The summed E-state index contributed by atoms with van der Waals surface area (Å²) in [5.74, 6) is 2.27. The van der Waals surface area contributed by atoms with Crippen molar-refractivity contribution in [1.29, 1.82) is 0 Å². The normalized spacial score (nSPS) is 6.40. The maximum Gasteiger partial charge on any atom is 0.0717 e. The van der Waals surface area contributed by atoms with Gasteiger partial charge in [0.25, 0.3) is 0 Å². The van der Waals surface area contributed by atoms with Crippen molar-refractivity contribution in [1.82, 2.24) is 4.84 Å². The molecule has 0 unspecified atom stereocenters. The van der Waals surface area contributed by atoms with Crippen molar-refractivity contribution < 1.29 is 0 Å². The van der Waals surface area contributed by atoms with Crippen molar-refractivity contribution in [3.8, 4) is 12.3 Å². The fourth-order valence-corrected chi connectivity index (χ4v) is 0.116. The van der Waals surface area contributed by atoms with Crippen molar-refractivity contribution >= 4 is 11.8 Å². The standard InChI is InChI=1S/C3H4ClN/c1-2-3-5-4/h1,5H,3H2. The van der Waals surface area contributed by atoms with Crippen LogP contribution >= 0.6 is 11.8 Å². The fourth-order valence-electron chi connectivity index (χ4n) is 0.0386. The van der Waals surface area contributed by atoms with Gasteiger partial charge in [-0.25, -0.2) is 4.84 Å². The molecular weight excluding hydrogens is 85.5 g/mol. The quantitative estimate of drug-likeness (QED) is 0.361. The molecule has 0 rings (SSSR count). The summed E-state index contributed by atoms with van der Waals surface area (Å²) in [6.07, 6.45) is 4.74. The summed E-state index contributed by atoms with van der Waals surface area (Å²) in [5, 5.41) is 0. The van der Waals surface area contributed by atoms with E-state index in [0.29, 0.717) is 6.54 Å². The van der Waals surface area contributed by atoms with Gasteiger partial charge in [0.15, 0.2) is 0 Å². The van der Waals surface area contributed by atoms with Crippen molar-refractivity contribution in [2.45, 2.75) is 0 Å². The van der Waals surface area contributed by atoms with E-state index in [9.17, 15) is 0 Å². The molecule has 0 aromatic carbocycles. The minimum absolute atomic E-state index is 0.432. The Kier molecular flexibility index (Phi) is 3.67. The van der Waals surface area contributed by atoms with Crippen LogP contribution in [-0.2, 0) is 0 Å². The van der Waals surface area contributed by atoms with Crippen molar-refractivity contribution in [2.24, 2.45) is 0 Å². The van der Waals surface area contributed by atoms with Gasteiger partial charge in [0.2, 0.25) is 0 Å². The van der Waals surface area contributed by atoms with Gasteiger partial charge < -0.3 is 0 Å². The molecule has 0 fully saturated rings. The highest BCUT2D eigenvalue weighted by Gasteiger charge is 1.59. The highest BCUT2D eigenvalue weighted by Crippen LogP contribution is 1.53. The third-order valence-electron chi connectivity index (χ3n) is 0.169. The monoisotopic (exact) mass is 89.0 g/mol. The van der Waals surface area contributed by atoms with Crippen LogP contribution in [0.1, 0.15) is 0 Å². The van der Waals surface area contributed by atoms with Crippen LogP contribution in [0.4, 0.5) is 0 Å². The Hall–Kier alpha value is -0.190. The highest BCUT2D eigenvalue weighted by atomic mass is 35.5. The molecule has 0 aliphatic rings. The van der Waals surface area contributed by atoms with Crippen LogP contribution in [0.25, 0.3) is 0 Å². The molecule has 0 atom stereocenters. The van der Waals surface area contributed by atoms with E-state index >= 15 is 0 Å². The summed E-state index contributed by atoms with van der Waals surface area (Å²) in [6, 6.07) is 0. The largest absolute Gasteiger partial charge is 0.222 e. The SMILES string of the molecule is C#CCNCl. The van der Waals surface area contributed by atoms with Crippen molar-refractivity contribution in [3.63, 3.8) is 0 Å². The van der Waals surface area contributed by atoms with Gasteiger partial charge in [-0.2, -0.15) is 0 Å². The predicted molar refractivity (Wildman–Crippen MR) is 22.7 cm³/mol. The lowest BCUT2D eigenvalue weighted by molar-refractivity contribution is 1.15. The molecule has 1 nitrogen and oxygen atoms in total. The van der Waals surface area contributed by atoms with E-state index in [1.54, 1.807) is 0 Å². The van der Waals surface area contributed by atoms with Gasteiger partial charge in [0, 0.05) is 0 Å². The molecular formula is C3H4ClN. The van der Waals surface area contributed by atoms with Gasteiger partial charge in [-0.05, 0) is 11.8 Å². The second kappa shape index (κ2) is 3.81. The van der Waals surface area contributed by atoms with Crippen LogP contribution in [0.15, 0.2) is 0 Å². The van der Waals surface area contributed by atoms with Gasteiger partial charge in [0.05, 0.1) is 6.54 Å². The van der Waals surface area contributed by atoms with Crippen LogP contribution in [0.5, 0.6) is 0 Å². The minimum Gasteiger partial charge on any atom is -0.222 e. The molecule has 2 heteroatoms. The summed E-state index contributed by atoms with van der Waals surface area (Å²) < 4.78 is 0. The Balaban J connectivity index is 2.48. The molecule has 0 amide bonds. The van der Waals surface area contributed by atoms with E-state index in [1.165, 1.54) is 0 Å². The van der Waals surface area contributed by atoms with E-state index in [-0.39, 0.29) is 0 Å². The zero-order valence-corrected chi connectivity index (χ0v) is 3.42. The fraction of sp³-hybridized carbons (Fsp3) is 0.333. The summed E-state index contributed by atoms with van der Waals surface area (Å²) in [7, 11) is 0. The lowest BCUT2D eigenvalue weighted by Gasteiger charge is -1.72. The molecule has 0 spiro atoms. The van der Waals surface area contributed by atoms with Gasteiger partial charge in [0.1, 0.15) is 0 Å². The van der Waals surface area contributed by atoms with Gasteiger partial charge in [-0.15, -0.1) is 6.42 Å². The molecule has 0 aliphatic carbocycles. The van der Waals surface area contributed by atoms with E-state index in [0.717, 1.165) is 0 Å². The second-order valence-corrected chi connectivity index (χ2v) is 0.782. The molecule has 28 valence electrons. The summed E-state index contributed by atoms with van der Waals surface area (Å²) in [4.78, 5) is 2.25. The molecule has 0 aromatic rings. The molecule has 5 heavy (non-hydrogen) atoms. The third kappa shape index (κ3) is 3.81. The maximum atomic E-state index is 4.91. The number of hydrogen-bond acceptors (Lipinski definition) is 1. The highest BCUT2D eigenvalue weighted by molar-refractivity contribution is 6.13. The zero-order valence-electron chi connectivity index (χ0n) is 2.66. The lowest BCUT2D eigenvalue weighted by Crippen LogP contribution is -1.94. The first-order valence-corrected chi connectivity index (χ1v) is 1.56. The Bertz CT molecular complexity index is 45.3. The average molecular weight is 89.5 g/mol. The summed E-state index contributed by atoms with van der Waals surface area (Å²) in [6.45, 7) is 0.432.